The summed E-state index contributed by atoms with van der Waals surface area (Å²) < 4.78 is 21.1. The summed E-state index contributed by atoms with van der Waals surface area (Å²) in [5.41, 5.74) is 2.35. The van der Waals surface area contributed by atoms with E-state index >= 15 is 0 Å². The molecule has 196 valence electrons. The van der Waals surface area contributed by atoms with Gasteiger partial charge in [0.2, 0.25) is 5.88 Å². The molecule has 0 radical (unpaired) electrons. The fourth-order valence-electron chi connectivity index (χ4n) is 4.63. The summed E-state index contributed by atoms with van der Waals surface area (Å²) in [5.74, 6) is -0.548. The number of rotatable bonds is 7. The summed E-state index contributed by atoms with van der Waals surface area (Å²) in [7, 11) is 1.45. The second-order valence-corrected chi connectivity index (χ2v) is 9.01. The number of halogens is 1. The Hall–Kier alpha value is -4.54. The lowest BCUT2D eigenvalue weighted by Gasteiger charge is -2.34. The van der Waals surface area contributed by atoms with Crippen LogP contribution in [0.1, 0.15) is 64.5 Å². The normalized spacial score (nSPS) is 15.3. The van der Waals surface area contributed by atoms with Crippen molar-refractivity contribution in [1.82, 2.24) is 29.9 Å². The Morgan fingerprint density at radius 3 is 2.79 bits per heavy atom. The summed E-state index contributed by atoms with van der Waals surface area (Å²) in [4.78, 5) is 32.2. The molecule has 0 saturated carbocycles. The molecule has 5 rings (SSSR count). The number of aromatic amines is 1. The maximum atomic E-state index is 14.4. The number of methoxy groups -OCH3 is 1. The lowest BCUT2D eigenvalue weighted by Crippen LogP contribution is -2.39. The standard InChI is InChI=1S/C27H28FN7O3/c1-3-17-11-12-29-20(14-17)26(36)30-24-15-19(31-32-24)23-10-6-7-13-34(23)27(37)21-16-25(38-2)35(33-21)22-9-5-4-8-18(22)28/h4-5,8-9,11-12,14-16,23H,3,6-7,10,13H2,1-2H3,(H2,30,31,32,36). The van der Waals surface area contributed by atoms with Crippen molar-refractivity contribution in [1.29, 1.82) is 0 Å². The zero-order valence-electron chi connectivity index (χ0n) is 21.1. The number of likely N-dealkylation sites (tertiary alicyclic amines) is 1. The number of piperidine rings is 1. The van der Waals surface area contributed by atoms with Crippen LogP contribution in [0.2, 0.25) is 0 Å². The Balaban J connectivity index is 1.36. The third kappa shape index (κ3) is 4.99. The Bertz CT molecular complexity index is 1460. The van der Waals surface area contributed by atoms with Crippen LogP contribution in [0.5, 0.6) is 5.88 Å². The highest BCUT2D eigenvalue weighted by Gasteiger charge is 2.32. The first-order valence-electron chi connectivity index (χ1n) is 12.5. The third-order valence-electron chi connectivity index (χ3n) is 6.61. The second kappa shape index (κ2) is 10.8. The van der Waals surface area contributed by atoms with Gasteiger partial charge in [0.1, 0.15) is 17.2 Å². The number of ether oxygens (including phenoxy) is 1. The van der Waals surface area contributed by atoms with Gasteiger partial charge in [0.05, 0.1) is 18.8 Å². The molecule has 0 spiro atoms. The Kier molecular flexibility index (Phi) is 7.16. The van der Waals surface area contributed by atoms with Crippen LogP contribution < -0.4 is 10.1 Å². The van der Waals surface area contributed by atoms with Gasteiger partial charge in [-0.15, -0.1) is 0 Å². The number of carbonyl (C=O) groups excluding carboxylic acids is 2. The maximum Gasteiger partial charge on any atom is 0.275 e. The van der Waals surface area contributed by atoms with Crippen molar-refractivity contribution < 1.29 is 18.7 Å². The number of benzene rings is 1. The topological polar surface area (TPSA) is 118 Å². The SMILES string of the molecule is CCc1ccnc(C(=O)Nc2cc(C3CCCCN3C(=O)c3cc(OC)n(-c4ccccc4F)n3)[nH]n2)c1. The van der Waals surface area contributed by atoms with E-state index in [1.54, 1.807) is 41.4 Å². The van der Waals surface area contributed by atoms with E-state index in [-0.39, 0.29) is 35.1 Å². The third-order valence-corrected chi connectivity index (χ3v) is 6.61. The number of hydrogen-bond acceptors (Lipinski definition) is 6. The maximum absolute atomic E-state index is 14.4. The van der Waals surface area contributed by atoms with Crippen molar-refractivity contribution in [2.45, 2.75) is 38.6 Å². The average molecular weight is 518 g/mol. The monoisotopic (exact) mass is 517 g/mol. The summed E-state index contributed by atoms with van der Waals surface area (Å²) >= 11 is 0. The molecule has 1 saturated heterocycles. The molecule has 3 aromatic heterocycles. The van der Waals surface area contributed by atoms with Crippen LogP contribution in [0.3, 0.4) is 0 Å². The zero-order valence-corrected chi connectivity index (χ0v) is 21.1. The van der Waals surface area contributed by atoms with E-state index in [9.17, 15) is 14.0 Å². The number of aromatic nitrogens is 5. The molecule has 1 unspecified atom stereocenters. The molecular weight excluding hydrogens is 489 g/mol. The lowest BCUT2D eigenvalue weighted by molar-refractivity contribution is 0.0599. The molecule has 2 amide bonds. The van der Waals surface area contributed by atoms with Gasteiger partial charge in [-0.05, 0) is 55.5 Å². The summed E-state index contributed by atoms with van der Waals surface area (Å²) in [6, 6.07) is 12.7. The van der Waals surface area contributed by atoms with Crippen LogP contribution in [-0.4, -0.2) is 55.3 Å². The number of carbonyl (C=O) groups is 2. The molecule has 1 fully saturated rings. The summed E-state index contributed by atoms with van der Waals surface area (Å²) in [6.45, 7) is 2.53. The molecule has 0 bridgehead atoms. The molecule has 38 heavy (non-hydrogen) atoms. The van der Waals surface area contributed by atoms with Gasteiger partial charge in [0.25, 0.3) is 11.8 Å². The smallest absolute Gasteiger partial charge is 0.275 e. The second-order valence-electron chi connectivity index (χ2n) is 9.01. The Morgan fingerprint density at radius 1 is 1.16 bits per heavy atom. The number of nitrogens with one attached hydrogen (secondary N) is 2. The molecule has 1 aliphatic rings. The van der Waals surface area contributed by atoms with E-state index < -0.39 is 5.82 Å². The van der Waals surface area contributed by atoms with Gasteiger partial charge in [0.15, 0.2) is 11.5 Å². The highest BCUT2D eigenvalue weighted by Crippen LogP contribution is 2.33. The van der Waals surface area contributed by atoms with E-state index in [2.05, 4.69) is 25.6 Å². The number of para-hydroxylation sites is 1. The minimum absolute atomic E-state index is 0.145. The van der Waals surface area contributed by atoms with Crippen molar-refractivity contribution >= 4 is 17.6 Å². The number of pyridine rings is 1. The van der Waals surface area contributed by atoms with Crippen LogP contribution in [0.25, 0.3) is 5.69 Å². The Labute approximate surface area is 218 Å². The van der Waals surface area contributed by atoms with E-state index in [0.717, 1.165) is 24.8 Å². The predicted molar refractivity (Wildman–Crippen MR) is 138 cm³/mol. The van der Waals surface area contributed by atoms with Crippen LogP contribution in [-0.2, 0) is 6.42 Å². The Morgan fingerprint density at radius 2 is 2.00 bits per heavy atom. The van der Waals surface area contributed by atoms with Crippen molar-refractivity contribution in [3.05, 3.63) is 83.2 Å². The van der Waals surface area contributed by atoms with Crippen molar-refractivity contribution in [3.63, 3.8) is 0 Å². The number of nitrogens with zero attached hydrogens (tertiary/aromatic N) is 5. The molecule has 1 aliphatic heterocycles. The molecule has 0 aliphatic carbocycles. The van der Waals surface area contributed by atoms with Gasteiger partial charge in [-0.1, -0.05) is 19.1 Å². The highest BCUT2D eigenvalue weighted by atomic mass is 19.1. The summed E-state index contributed by atoms with van der Waals surface area (Å²) in [6.07, 6.45) is 4.88. The molecular formula is C27H28FN7O3. The molecule has 4 heterocycles. The van der Waals surface area contributed by atoms with Crippen molar-refractivity contribution in [2.24, 2.45) is 0 Å². The fourth-order valence-corrected chi connectivity index (χ4v) is 4.63. The minimum atomic E-state index is -0.479. The van der Waals surface area contributed by atoms with Crippen LogP contribution in [0.15, 0.2) is 54.7 Å². The first-order valence-corrected chi connectivity index (χ1v) is 12.5. The number of aryl methyl sites for hydroxylation is 1. The first-order chi connectivity index (χ1) is 18.5. The lowest BCUT2D eigenvalue weighted by atomic mass is 9.99. The van der Waals surface area contributed by atoms with Crippen LogP contribution >= 0.6 is 0 Å². The minimum Gasteiger partial charge on any atom is -0.481 e. The molecule has 2 N–H and O–H groups in total. The number of H-pyrrole nitrogens is 1. The van der Waals surface area contributed by atoms with Gasteiger partial charge in [-0.2, -0.15) is 14.9 Å². The molecule has 10 nitrogen and oxygen atoms in total. The van der Waals surface area contributed by atoms with Crippen molar-refractivity contribution in [2.75, 3.05) is 19.0 Å². The van der Waals surface area contributed by atoms with Crippen LogP contribution in [0, 0.1) is 5.82 Å². The molecule has 11 heteroatoms. The van der Waals surface area contributed by atoms with Gasteiger partial charge >= 0.3 is 0 Å². The quantitative estimate of drug-likeness (QED) is 0.377. The van der Waals surface area contributed by atoms with Crippen molar-refractivity contribution in [3.8, 4) is 11.6 Å². The van der Waals surface area contributed by atoms with E-state index in [4.69, 9.17) is 4.74 Å². The van der Waals surface area contributed by atoms with E-state index in [0.29, 0.717) is 30.2 Å². The first kappa shape index (κ1) is 25.1. The molecule has 1 atom stereocenters. The predicted octanol–water partition coefficient (Wildman–Crippen LogP) is 4.32. The average Bonchev–Trinajstić information content (AvgIpc) is 3.60. The van der Waals surface area contributed by atoms with Gasteiger partial charge in [0, 0.05) is 24.9 Å². The van der Waals surface area contributed by atoms with Gasteiger partial charge in [-0.25, -0.2) is 4.39 Å². The van der Waals surface area contributed by atoms with Crippen LogP contribution in [0.4, 0.5) is 10.2 Å². The largest absolute Gasteiger partial charge is 0.481 e. The molecule has 1 aromatic carbocycles. The van der Waals surface area contributed by atoms with Gasteiger partial charge < -0.3 is 15.0 Å². The summed E-state index contributed by atoms with van der Waals surface area (Å²) in [5, 5.41) is 14.4. The van der Waals surface area contributed by atoms with E-state index in [1.165, 1.54) is 23.9 Å². The fraction of sp³-hybridized carbons (Fsp3) is 0.296. The van der Waals surface area contributed by atoms with Gasteiger partial charge in [-0.3, -0.25) is 19.7 Å². The number of hydrogen-bond donors (Lipinski definition) is 2. The highest BCUT2D eigenvalue weighted by molar-refractivity contribution is 6.02. The zero-order chi connectivity index (χ0) is 26.6. The number of anilines is 1. The van der Waals surface area contributed by atoms with E-state index in [1.807, 2.05) is 13.0 Å². The molecule has 4 aromatic rings. The number of amides is 2.